The topological polar surface area (TPSA) is 39.1 Å². The lowest BCUT2D eigenvalue weighted by Gasteiger charge is -2.27. The molecule has 3 atom stereocenters. The van der Waals surface area contributed by atoms with E-state index in [2.05, 4.69) is 24.3 Å². The van der Waals surface area contributed by atoms with Crippen molar-refractivity contribution in [1.82, 2.24) is 15.1 Å². The van der Waals surface area contributed by atoms with Crippen molar-refractivity contribution in [3.05, 3.63) is 16.9 Å². The molecule has 0 aliphatic carbocycles. The molecule has 1 aliphatic heterocycles. The first-order valence-electron chi connectivity index (χ1n) is 6.67. The molecule has 2 rings (SSSR count). The molecule has 1 saturated heterocycles. The number of aromatic nitrogens is 2. The van der Waals surface area contributed by atoms with E-state index in [0.29, 0.717) is 10.9 Å². The van der Waals surface area contributed by atoms with Crippen molar-refractivity contribution in [2.24, 2.45) is 13.0 Å². The van der Waals surface area contributed by atoms with Gasteiger partial charge in [-0.15, -0.1) is 0 Å². The summed E-state index contributed by atoms with van der Waals surface area (Å²) in [5, 5.41) is 8.50. The van der Waals surface area contributed by atoms with Gasteiger partial charge in [-0.25, -0.2) is 0 Å². The number of hydrogen-bond donors (Lipinski definition) is 1. The third kappa shape index (κ3) is 2.71. The first-order valence-corrected chi connectivity index (χ1v) is 7.05. The molecular formula is C13H22ClN3O. The van der Waals surface area contributed by atoms with Gasteiger partial charge in [-0.05, 0) is 25.3 Å². The predicted molar refractivity (Wildman–Crippen MR) is 72.8 cm³/mol. The fourth-order valence-electron chi connectivity index (χ4n) is 2.58. The van der Waals surface area contributed by atoms with Crippen LogP contribution in [-0.2, 0) is 11.8 Å². The Morgan fingerprint density at radius 3 is 2.94 bits per heavy atom. The summed E-state index contributed by atoms with van der Waals surface area (Å²) in [5.41, 5.74) is 1.03. The van der Waals surface area contributed by atoms with Gasteiger partial charge in [-0.2, -0.15) is 5.10 Å². The molecule has 1 aromatic heterocycles. The van der Waals surface area contributed by atoms with Gasteiger partial charge in [0.1, 0.15) is 0 Å². The summed E-state index contributed by atoms with van der Waals surface area (Å²) in [6.45, 7) is 6.20. The molecule has 3 unspecified atom stereocenters. The molecule has 0 spiro atoms. The van der Waals surface area contributed by atoms with Crippen LogP contribution in [0, 0.1) is 5.92 Å². The lowest BCUT2D eigenvalue weighted by atomic mass is 9.95. The van der Waals surface area contributed by atoms with Crippen LogP contribution in [0.2, 0.25) is 5.02 Å². The molecule has 2 heterocycles. The van der Waals surface area contributed by atoms with Gasteiger partial charge in [0.05, 0.1) is 29.1 Å². The molecule has 18 heavy (non-hydrogen) atoms. The van der Waals surface area contributed by atoms with Gasteiger partial charge in [0, 0.05) is 13.7 Å². The number of hydrogen-bond acceptors (Lipinski definition) is 3. The molecule has 0 saturated carbocycles. The highest BCUT2D eigenvalue weighted by Crippen LogP contribution is 2.34. The fourth-order valence-corrected chi connectivity index (χ4v) is 2.87. The van der Waals surface area contributed by atoms with Crippen molar-refractivity contribution < 1.29 is 4.74 Å². The van der Waals surface area contributed by atoms with Crippen LogP contribution in [0.3, 0.4) is 0 Å². The maximum Gasteiger partial charge on any atom is 0.0835 e. The molecule has 0 aromatic carbocycles. The molecule has 5 heteroatoms. The average Bonchev–Trinajstić information content (AvgIpc) is 2.90. The van der Waals surface area contributed by atoms with Gasteiger partial charge in [-0.1, -0.05) is 25.4 Å². The van der Waals surface area contributed by atoms with Gasteiger partial charge in [-0.3, -0.25) is 4.68 Å². The predicted octanol–water partition coefficient (Wildman–Crippen LogP) is 2.54. The number of aryl methyl sites for hydroxylation is 1. The van der Waals surface area contributed by atoms with Crippen LogP contribution in [0.15, 0.2) is 6.20 Å². The highest BCUT2D eigenvalue weighted by atomic mass is 35.5. The Labute approximate surface area is 114 Å². The monoisotopic (exact) mass is 271 g/mol. The van der Waals surface area contributed by atoms with Crippen molar-refractivity contribution >= 4 is 11.6 Å². The summed E-state index contributed by atoms with van der Waals surface area (Å²) < 4.78 is 7.75. The average molecular weight is 272 g/mol. The van der Waals surface area contributed by atoms with Crippen LogP contribution in [-0.4, -0.2) is 29.0 Å². The minimum Gasteiger partial charge on any atom is -0.376 e. The summed E-state index contributed by atoms with van der Waals surface area (Å²) >= 11 is 6.27. The second-order valence-electron chi connectivity index (χ2n) is 5.03. The van der Waals surface area contributed by atoms with Crippen LogP contribution < -0.4 is 5.32 Å². The summed E-state index contributed by atoms with van der Waals surface area (Å²) in [6.07, 6.45) is 4.10. The lowest BCUT2D eigenvalue weighted by molar-refractivity contribution is 0.0583. The van der Waals surface area contributed by atoms with Crippen molar-refractivity contribution in [1.29, 1.82) is 0 Å². The number of nitrogens with zero attached hydrogens (tertiary/aromatic N) is 2. The van der Waals surface area contributed by atoms with Crippen molar-refractivity contribution in [2.45, 2.75) is 38.8 Å². The quantitative estimate of drug-likeness (QED) is 0.895. The van der Waals surface area contributed by atoms with Crippen molar-refractivity contribution in [2.75, 3.05) is 13.2 Å². The van der Waals surface area contributed by atoms with E-state index in [0.717, 1.165) is 31.7 Å². The normalized spacial score (nSPS) is 25.6. The van der Waals surface area contributed by atoms with Gasteiger partial charge in [0.15, 0.2) is 0 Å². The van der Waals surface area contributed by atoms with E-state index < -0.39 is 0 Å². The zero-order chi connectivity index (χ0) is 13.1. The fraction of sp³-hybridized carbons (Fsp3) is 0.769. The maximum absolute atomic E-state index is 6.27. The van der Waals surface area contributed by atoms with E-state index in [-0.39, 0.29) is 12.1 Å². The smallest absolute Gasteiger partial charge is 0.0835 e. The van der Waals surface area contributed by atoms with E-state index in [1.165, 1.54) is 0 Å². The number of nitrogens with one attached hydrogen (secondary N) is 1. The first-order chi connectivity index (χ1) is 8.65. The Balaban J connectivity index is 2.24. The Kier molecular flexibility index (Phi) is 4.65. The lowest BCUT2D eigenvalue weighted by Crippen LogP contribution is -2.36. The third-order valence-electron chi connectivity index (χ3n) is 3.62. The van der Waals surface area contributed by atoms with Gasteiger partial charge in [0.2, 0.25) is 0 Å². The van der Waals surface area contributed by atoms with Crippen LogP contribution in [0.4, 0.5) is 0 Å². The highest BCUT2D eigenvalue weighted by Gasteiger charge is 2.35. The zero-order valence-corrected chi connectivity index (χ0v) is 12.1. The highest BCUT2D eigenvalue weighted by molar-refractivity contribution is 6.31. The second-order valence-corrected chi connectivity index (χ2v) is 5.44. The molecule has 102 valence electrons. The molecule has 1 aliphatic rings. The SMILES string of the molecule is CCCNC(c1c(Cl)cnn1C)C1OCCC1C. The summed E-state index contributed by atoms with van der Waals surface area (Å²) in [4.78, 5) is 0. The van der Waals surface area contributed by atoms with Crippen LogP contribution in [0.25, 0.3) is 0 Å². The second kappa shape index (κ2) is 6.04. The Morgan fingerprint density at radius 1 is 1.67 bits per heavy atom. The number of ether oxygens (including phenoxy) is 1. The van der Waals surface area contributed by atoms with Gasteiger partial charge in [0.25, 0.3) is 0 Å². The molecule has 1 N–H and O–H groups in total. The Hall–Kier alpha value is -0.580. The van der Waals surface area contributed by atoms with Gasteiger partial charge >= 0.3 is 0 Å². The summed E-state index contributed by atoms with van der Waals surface area (Å²) in [5.74, 6) is 0.547. The molecule has 0 bridgehead atoms. The van der Waals surface area contributed by atoms with Crippen molar-refractivity contribution in [3.63, 3.8) is 0 Å². The largest absolute Gasteiger partial charge is 0.376 e. The molecular weight excluding hydrogens is 250 g/mol. The molecule has 0 radical (unpaired) electrons. The van der Waals surface area contributed by atoms with Crippen LogP contribution in [0.5, 0.6) is 0 Å². The Bertz CT molecular complexity index is 374. The maximum atomic E-state index is 6.27. The van der Waals surface area contributed by atoms with Crippen LogP contribution in [0.1, 0.15) is 38.4 Å². The minimum atomic E-state index is 0.127. The summed E-state index contributed by atoms with van der Waals surface area (Å²) in [6, 6.07) is 0.127. The molecule has 1 aromatic rings. The van der Waals surface area contributed by atoms with E-state index >= 15 is 0 Å². The van der Waals surface area contributed by atoms with Gasteiger partial charge < -0.3 is 10.1 Å². The number of rotatable bonds is 5. The Morgan fingerprint density at radius 2 is 2.44 bits per heavy atom. The standard InChI is InChI=1S/C13H22ClN3O/c1-4-6-15-11(13-9(2)5-7-18-13)12-10(14)8-16-17(12)3/h8-9,11,13,15H,4-7H2,1-3H3. The van der Waals surface area contributed by atoms with E-state index in [1.807, 2.05) is 11.7 Å². The third-order valence-corrected chi connectivity index (χ3v) is 3.91. The minimum absolute atomic E-state index is 0.127. The molecule has 0 amide bonds. The molecule has 1 fully saturated rings. The van der Waals surface area contributed by atoms with E-state index in [4.69, 9.17) is 16.3 Å². The molecule has 4 nitrogen and oxygen atoms in total. The van der Waals surface area contributed by atoms with Crippen LogP contribution >= 0.6 is 11.6 Å². The zero-order valence-electron chi connectivity index (χ0n) is 11.3. The van der Waals surface area contributed by atoms with E-state index in [1.54, 1.807) is 6.20 Å². The number of halogens is 1. The van der Waals surface area contributed by atoms with Crippen molar-refractivity contribution in [3.8, 4) is 0 Å². The first kappa shape index (κ1) is 13.8. The van der Waals surface area contributed by atoms with E-state index in [9.17, 15) is 0 Å². The summed E-state index contributed by atoms with van der Waals surface area (Å²) in [7, 11) is 1.93.